The van der Waals surface area contributed by atoms with Crippen molar-refractivity contribution in [1.29, 1.82) is 0 Å². The smallest absolute Gasteiger partial charge is 0.262 e. The minimum absolute atomic E-state index is 0.0515. The van der Waals surface area contributed by atoms with Crippen LogP contribution in [0.2, 0.25) is 0 Å². The molecule has 0 atom stereocenters. The first kappa shape index (κ1) is 23.0. The normalized spacial score (nSPS) is 13.8. The van der Waals surface area contributed by atoms with Gasteiger partial charge in [-0.3, -0.25) is 19.0 Å². The molecular formula is C25H28N4O3S. The van der Waals surface area contributed by atoms with Gasteiger partial charge in [0, 0.05) is 11.7 Å². The van der Waals surface area contributed by atoms with Crippen molar-refractivity contribution in [1.82, 2.24) is 14.9 Å². The number of carbonyl (C=O) groups excluding carboxylic acids is 2. The van der Waals surface area contributed by atoms with Crippen molar-refractivity contribution < 1.29 is 9.59 Å². The monoisotopic (exact) mass is 464 g/mol. The van der Waals surface area contributed by atoms with Crippen LogP contribution in [-0.4, -0.2) is 33.7 Å². The maximum Gasteiger partial charge on any atom is 0.262 e. The van der Waals surface area contributed by atoms with Crippen molar-refractivity contribution in [2.75, 3.05) is 17.6 Å². The van der Waals surface area contributed by atoms with E-state index in [0.717, 1.165) is 43.4 Å². The van der Waals surface area contributed by atoms with E-state index in [9.17, 15) is 14.4 Å². The molecule has 2 N–H and O–H groups in total. The Hall–Kier alpha value is -3.13. The highest BCUT2D eigenvalue weighted by molar-refractivity contribution is 7.99. The van der Waals surface area contributed by atoms with Crippen LogP contribution in [0.25, 0.3) is 10.9 Å². The van der Waals surface area contributed by atoms with Crippen molar-refractivity contribution in [3.05, 3.63) is 64.4 Å². The zero-order valence-corrected chi connectivity index (χ0v) is 19.5. The summed E-state index contributed by atoms with van der Waals surface area (Å²) in [5.41, 5.74) is 2.38. The van der Waals surface area contributed by atoms with Gasteiger partial charge in [-0.05, 0) is 43.0 Å². The largest absolute Gasteiger partial charge is 0.346 e. The van der Waals surface area contributed by atoms with Crippen LogP contribution >= 0.6 is 11.8 Å². The van der Waals surface area contributed by atoms with Gasteiger partial charge in [-0.25, -0.2) is 4.98 Å². The van der Waals surface area contributed by atoms with Crippen LogP contribution in [0.5, 0.6) is 0 Å². The van der Waals surface area contributed by atoms with E-state index in [0.29, 0.717) is 16.1 Å². The van der Waals surface area contributed by atoms with Crippen molar-refractivity contribution in [3.8, 4) is 0 Å². The molecule has 1 heterocycles. The van der Waals surface area contributed by atoms with E-state index in [1.165, 1.54) is 11.8 Å². The minimum atomic E-state index is -0.278. The Bertz CT molecular complexity index is 1220. The van der Waals surface area contributed by atoms with Crippen molar-refractivity contribution >= 4 is 40.2 Å². The summed E-state index contributed by atoms with van der Waals surface area (Å²) in [6.07, 6.45) is 4.87. The Morgan fingerprint density at radius 2 is 1.79 bits per heavy atom. The zero-order chi connectivity index (χ0) is 23.2. The number of thioether (sulfide) groups is 1. The highest BCUT2D eigenvalue weighted by Crippen LogP contribution is 2.32. The van der Waals surface area contributed by atoms with Crippen LogP contribution in [0.3, 0.4) is 0 Å². The Balaban J connectivity index is 1.40. The second-order valence-electron chi connectivity index (χ2n) is 8.15. The van der Waals surface area contributed by atoms with Crippen LogP contribution in [-0.2, 0) is 16.0 Å². The van der Waals surface area contributed by atoms with Gasteiger partial charge >= 0.3 is 0 Å². The van der Waals surface area contributed by atoms with Gasteiger partial charge in [0.25, 0.3) is 5.56 Å². The summed E-state index contributed by atoms with van der Waals surface area (Å²) in [6, 6.07) is 15.0. The molecular weight excluding hydrogens is 436 g/mol. The van der Waals surface area contributed by atoms with Gasteiger partial charge in [0.2, 0.25) is 11.8 Å². The van der Waals surface area contributed by atoms with Crippen LogP contribution in [0.15, 0.2) is 58.5 Å². The molecule has 0 unspecified atom stereocenters. The van der Waals surface area contributed by atoms with Gasteiger partial charge < -0.3 is 10.6 Å². The summed E-state index contributed by atoms with van der Waals surface area (Å²) < 4.78 is 1.77. The predicted octanol–water partition coefficient (Wildman–Crippen LogP) is 3.92. The molecule has 33 heavy (non-hydrogen) atoms. The molecule has 7 nitrogen and oxygen atoms in total. The zero-order valence-electron chi connectivity index (χ0n) is 18.7. The number of benzene rings is 2. The summed E-state index contributed by atoms with van der Waals surface area (Å²) in [5, 5.41) is 6.67. The maximum atomic E-state index is 13.2. The SMILES string of the molecule is CCc1ccccc1NC(=O)CNC(=O)CSc1nc2ccccc2c(=O)n1C1CCCC1. The molecule has 1 aromatic heterocycles. The number of nitrogens with zero attached hydrogens (tertiary/aromatic N) is 2. The number of hydrogen-bond donors (Lipinski definition) is 2. The van der Waals surface area contributed by atoms with E-state index in [1.807, 2.05) is 49.4 Å². The van der Waals surface area contributed by atoms with Crippen molar-refractivity contribution in [2.24, 2.45) is 0 Å². The molecule has 172 valence electrons. The summed E-state index contributed by atoms with van der Waals surface area (Å²) in [5.74, 6) is -0.476. The van der Waals surface area contributed by atoms with E-state index >= 15 is 0 Å². The third-order valence-corrected chi connectivity index (χ3v) is 6.87. The molecule has 0 bridgehead atoms. The van der Waals surface area contributed by atoms with Crippen LogP contribution in [0.1, 0.15) is 44.2 Å². The van der Waals surface area contributed by atoms with Crippen LogP contribution in [0.4, 0.5) is 5.69 Å². The Kier molecular flexibility index (Phi) is 7.44. The van der Waals surface area contributed by atoms with E-state index in [1.54, 1.807) is 10.6 Å². The quantitative estimate of drug-likeness (QED) is 0.389. The number of rotatable bonds is 8. The Morgan fingerprint density at radius 3 is 2.58 bits per heavy atom. The van der Waals surface area contributed by atoms with E-state index < -0.39 is 0 Å². The lowest BCUT2D eigenvalue weighted by molar-refractivity contribution is -0.122. The number of aryl methyl sites for hydroxylation is 1. The van der Waals surface area contributed by atoms with E-state index in [2.05, 4.69) is 15.6 Å². The maximum absolute atomic E-state index is 13.2. The first-order valence-electron chi connectivity index (χ1n) is 11.4. The molecule has 0 radical (unpaired) electrons. The number of amides is 2. The fourth-order valence-electron chi connectivity index (χ4n) is 4.22. The molecule has 1 fully saturated rings. The topological polar surface area (TPSA) is 93.1 Å². The third-order valence-electron chi connectivity index (χ3n) is 5.92. The van der Waals surface area contributed by atoms with E-state index in [-0.39, 0.29) is 35.7 Å². The fourth-order valence-corrected chi connectivity index (χ4v) is 5.11. The van der Waals surface area contributed by atoms with Gasteiger partial charge in [0.15, 0.2) is 5.16 Å². The highest BCUT2D eigenvalue weighted by Gasteiger charge is 2.23. The summed E-state index contributed by atoms with van der Waals surface area (Å²) in [6.45, 7) is 1.91. The van der Waals surface area contributed by atoms with Gasteiger partial charge in [-0.2, -0.15) is 0 Å². The van der Waals surface area contributed by atoms with Crippen molar-refractivity contribution in [2.45, 2.75) is 50.2 Å². The first-order chi connectivity index (χ1) is 16.1. The lowest BCUT2D eigenvalue weighted by Gasteiger charge is -2.18. The van der Waals surface area contributed by atoms with Crippen LogP contribution < -0.4 is 16.2 Å². The molecule has 0 spiro atoms. The number of fused-ring (bicyclic) bond motifs is 1. The average Bonchev–Trinajstić information content (AvgIpc) is 3.36. The van der Waals surface area contributed by atoms with Crippen molar-refractivity contribution in [3.63, 3.8) is 0 Å². The molecule has 1 saturated carbocycles. The van der Waals surface area contributed by atoms with Gasteiger partial charge in [0.1, 0.15) is 0 Å². The molecule has 2 amide bonds. The molecule has 3 aromatic rings. The fraction of sp³-hybridized carbons (Fsp3) is 0.360. The van der Waals surface area contributed by atoms with E-state index in [4.69, 9.17) is 0 Å². The number of carbonyl (C=O) groups is 2. The molecule has 8 heteroatoms. The number of nitrogens with one attached hydrogen (secondary N) is 2. The summed E-state index contributed by atoms with van der Waals surface area (Å²) in [7, 11) is 0. The van der Waals surface area contributed by atoms with Gasteiger partial charge in [-0.1, -0.05) is 61.9 Å². The standard InChI is InChI=1S/C25H28N4O3S/c1-2-17-9-3-7-13-20(17)27-22(30)15-26-23(31)16-33-25-28-21-14-8-6-12-19(21)24(32)29(25)18-10-4-5-11-18/h3,6-9,12-14,18H,2,4-5,10-11,15-16H2,1H3,(H,26,31)(H,27,30). The summed E-state index contributed by atoms with van der Waals surface area (Å²) in [4.78, 5) is 42.6. The third kappa shape index (κ3) is 5.45. The lowest BCUT2D eigenvalue weighted by atomic mass is 10.1. The molecule has 0 aliphatic heterocycles. The average molecular weight is 465 g/mol. The highest BCUT2D eigenvalue weighted by atomic mass is 32.2. The predicted molar refractivity (Wildman–Crippen MR) is 132 cm³/mol. The number of anilines is 1. The Labute approximate surface area is 197 Å². The molecule has 4 rings (SSSR count). The molecule has 0 saturated heterocycles. The number of aromatic nitrogens is 2. The molecule has 1 aliphatic carbocycles. The summed E-state index contributed by atoms with van der Waals surface area (Å²) >= 11 is 1.24. The van der Waals surface area contributed by atoms with Crippen LogP contribution in [0, 0.1) is 0 Å². The Morgan fingerprint density at radius 1 is 1.06 bits per heavy atom. The lowest BCUT2D eigenvalue weighted by Crippen LogP contribution is -2.34. The number of hydrogen-bond acceptors (Lipinski definition) is 5. The van der Waals surface area contributed by atoms with Gasteiger partial charge in [-0.15, -0.1) is 0 Å². The second-order valence-corrected chi connectivity index (χ2v) is 9.09. The first-order valence-corrected chi connectivity index (χ1v) is 12.3. The second kappa shape index (κ2) is 10.7. The number of para-hydroxylation sites is 2. The molecule has 2 aromatic carbocycles. The molecule has 1 aliphatic rings. The minimum Gasteiger partial charge on any atom is -0.346 e. The van der Waals surface area contributed by atoms with Gasteiger partial charge in [0.05, 0.1) is 23.2 Å².